The Morgan fingerprint density at radius 2 is 2.00 bits per heavy atom. The molecule has 0 saturated carbocycles. The van der Waals surface area contributed by atoms with Gasteiger partial charge in [0, 0.05) is 25.1 Å². The Morgan fingerprint density at radius 1 is 1.27 bits per heavy atom. The van der Waals surface area contributed by atoms with Crippen LogP contribution in [0, 0.1) is 5.82 Å². The summed E-state index contributed by atoms with van der Waals surface area (Å²) < 4.78 is 13.7. The molecule has 0 bridgehead atoms. The number of hydrogen-bond donors (Lipinski definition) is 2. The van der Waals surface area contributed by atoms with Crippen molar-refractivity contribution in [2.75, 3.05) is 13.1 Å². The third-order valence-corrected chi connectivity index (χ3v) is 3.23. The second kappa shape index (κ2) is 9.76. The van der Waals surface area contributed by atoms with Crippen molar-refractivity contribution in [3.05, 3.63) is 35.6 Å². The molecule has 1 aromatic carbocycles. The molecule has 0 aliphatic heterocycles. The molecule has 0 aliphatic carbocycles. The third kappa shape index (κ3) is 6.56. The quantitative estimate of drug-likeness (QED) is 0.689. The van der Waals surface area contributed by atoms with E-state index in [2.05, 4.69) is 5.32 Å². The highest BCUT2D eigenvalue weighted by molar-refractivity contribution is 5.74. The van der Waals surface area contributed by atoms with Crippen LogP contribution in [0.5, 0.6) is 0 Å². The molecule has 0 aliphatic rings. The molecule has 1 aromatic rings. The molecule has 1 rings (SSSR count). The van der Waals surface area contributed by atoms with Gasteiger partial charge in [0.2, 0.25) is 0 Å². The van der Waals surface area contributed by atoms with Crippen molar-refractivity contribution >= 4 is 12.0 Å². The van der Waals surface area contributed by atoms with Gasteiger partial charge in [-0.15, -0.1) is 0 Å². The lowest BCUT2D eigenvalue weighted by atomic mass is 10.2. The Kier molecular flexibility index (Phi) is 7.96. The number of unbranched alkanes of at least 4 members (excludes halogenated alkanes) is 1. The zero-order chi connectivity index (χ0) is 16.4. The molecule has 0 radical (unpaired) electrons. The number of hydrogen-bond acceptors (Lipinski definition) is 2. The summed E-state index contributed by atoms with van der Waals surface area (Å²) in [5.74, 6) is -1.22. The maximum atomic E-state index is 13.7. The number of urea groups is 1. The second-order valence-electron chi connectivity index (χ2n) is 5.10. The summed E-state index contributed by atoms with van der Waals surface area (Å²) in [7, 11) is 0. The number of carboxylic acids is 1. The van der Waals surface area contributed by atoms with Gasteiger partial charge in [-0.05, 0) is 18.9 Å². The number of amides is 2. The topological polar surface area (TPSA) is 69.6 Å². The minimum absolute atomic E-state index is 0.0164. The maximum absolute atomic E-state index is 13.7. The van der Waals surface area contributed by atoms with Crippen LogP contribution in [0.2, 0.25) is 0 Å². The van der Waals surface area contributed by atoms with Gasteiger partial charge in [0.25, 0.3) is 0 Å². The Labute approximate surface area is 130 Å². The lowest BCUT2D eigenvalue weighted by Crippen LogP contribution is -2.40. The molecule has 0 fully saturated rings. The Bertz CT molecular complexity index is 494. The van der Waals surface area contributed by atoms with Crippen LogP contribution in [-0.4, -0.2) is 35.1 Å². The van der Waals surface area contributed by atoms with Gasteiger partial charge in [0.05, 0.1) is 6.54 Å². The number of nitrogens with zero attached hydrogens (tertiary/aromatic N) is 1. The molecule has 122 valence electrons. The number of halogens is 1. The summed E-state index contributed by atoms with van der Waals surface area (Å²) in [6, 6.07) is 6.09. The van der Waals surface area contributed by atoms with Gasteiger partial charge in [-0.25, -0.2) is 9.18 Å². The first-order valence-corrected chi connectivity index (χ1v) is 7.52. The zero-order valence-electron chi connectivity index (χ0n) is 12.8. The summed E-state index contributed by atoms with van der Waals surface area (Å²) >= 11 is 0. The number of carbonyl (C=O) groups is 2. The van der Waals surface area contributed by atoms with Crippen molar-refractivity contribution < 1.29 is 19.1 Å². The predicted molar refractivity (Wildman–Crippen MR) is 82.0 cm³/mol. The number of rotatable bonds is 9. The number of benzene rings is 1. The first-order chi connectivity index (χ1) is 10.5. The minimum atomic E-state index is -0.886. The molecule has 5 nitrogen and oxygen atoms in total. The summed E-state index contributed by atoms with van der Waals surface area (Å²) in [5.41, 5.74) is 0.472. The summed E-state index contributed by atoms with van der Waals surface area (Å²) in [5, 5.41) is 11.3. The monoisotopic (exact) mass is 310 g/mol. The lowest BCUT2D eigenvalue weighted by Gasteiger charge is -2.23. The van der Waals surface area contributed by atoms with E-state index < -0.39 is 5.97 Å². The first-order valence-electron chi connectivity index (χ1n) is 7.52. The standard InChI is InChI=1S/C16H23FN2O3/c1-2-3-11-19(12-13-7-4-5-8-14(13)17)16(22)18-10-6-9-15(20)21/h4-5,7-8H,2-3,6,9-12H2,1H3,(H,18,22)(H,20,21). The van der Waals surface area contributed by atoms with Crippen LogP contribution in [0.4, 0.5) is 9.18 Å². The van der Waals surface area contributed by atoms with Gasteiger partial charge in [-0.1, -0.05) is 31.5 Å². The highest BCUT2D eigenvalue weighted by Crippen LogP contribution is 2.11. The number of aliphatic carboxylic acids is 1. The van der Waals surface area contributed by atoms with Gasteiger partial charge >= 0.3 is 12.0 Å². The van der Waals surface area contributed by atoms with Gasteiger partial charge in [-0.3, -0.25) is 4.79 Å². The Hall–Kier alpha value is -2.11. The molecule has 2 N–H and O–H groups in total. The van der Waals surface area contributed by atoms with Crippen LogP contribution in [0.3, 0.4) is 0 Å². The molecule has 0 spiro atoms. The maximum Gasteiger partial charge on any atom is 0.317 e. The molecular weight excluding hydrogens is 287 g/mol. The van der Waals surface area contributed by atoms with Gasteiger partial charge in [0.1, 0.15) is 5.82 Å². The predicted octanol–water partition coefficient (Wildman–Crippen LogP) is 3.00. The minimum Gasteiger partial charge on any atom is -0.481 e. The van der Waals surface area contributed by atoms with E-state index >= 15 is 0 Å². The lowest BCUT2D eigenvalue weighted by molar-refractivity contribution is -0.137. The fourth-order valence-electron chi connectivity index (χ4n) is 1.98. The van der Waals surface area contributed by atoms with Crippen LogP contribution in [0.15, 0.2) is 24.3 Å². The summed E-state index contributed by atoms with van der Waals surface area (Å²) in [6.45, 7) is 3.06. The SMILES string of the molecule is CCCCN(Cc1ccccc1F)C(=O)NCCCC(=O)O. The molecule has 0 saturated heterocycles. The Morgan fingerprint density at radius 3 is 2.64 bits per heavy atom. The van der Waals surface area contributed by atoms with Crippen molar-refractivity contribution in [3.8, 4) is 0 Å². The van der Waals surface area contributed by atoms with Crippen molar-refractivity contribution in [1.29, 1.82) is 0 Å². The molecule has 0 atom stereocenters. The largest absolute Gasteiger partial charge is 0.481 e. The zero-order valence-corrected chi connectivity index (χ0v) is 12.8. The van der Waals surface area contributed by atoms with Crippen LogP contribution in [-0.2, 0) is 11.3 Å². The van der Waals surface area contributed by atoms with E-state index in [1.165, 1.54) is 6.07 Å². The molecule has 0 unspecified atom stereocenters. The molecule has 22 heavy (non-hydrogen) atoms. The van der Waals surface area contributed by atoms with Gasteiger partial charge in [-0.2, -0.15) is 0 Å². The number of nitrogens with one attached hydrogen (secondary N) is 1. The van der Waals surface area contributed by atoms with E-state index in [1.54, 1.807) is 23.1 Å². The summed E-state index contributed by atoms with van der Waals surface area (Å²) in [4.78, 5) is 24.1. The first kappa shape index (κ1) is 17.9. The van der Waals surface area contributed by atoms with Crippen molar-refractivity contribution in [2.45, 2.75) is 39.2 Å². The van der Waals surface area contributed by atoms with Gasteiger partial charge in [0.15, 0.2) is 0 Å². The van der Waals surface area contributed by atoms with E-state index in [-0.39, 0.29) is 24.8 Å². The fraction of sp³-hybridized carbons (Fsp3) is 0.500. The van der Waals surface area contributed by atoms with Crippen LogP contribution >= 0.6 is 0 Å². The smallest absolute Gasteiger partial charge is 0.317 e. The van der Waals surface area contributed by atoms with Gasteiger partial charge < -0.3 is 15.3 Å². The number of carbonyl (C=O) groups excluding carboxylic acids is 1. The van der Waals surface area contributed by atoms with E-state index in [4.69, 9.17) is 5.11 Å². The molecule has 0 aromatic heterocycles. The van der Waals surface area contributed by atoms with Crippen molar-refractivity contribution in [2.24, 2.45) is 0 Å². The van der Waals surface area contributed by atoms with Crippen LogP contribution < -0.4 is 5.32 Å². The number of carboxylic acid groups (broad SMARTS) is 1. The van der Waals surface area contributed by atoms with Crippen LogP contribution in [0.25, 0.3) is 0 Å². The fourth-order valence-corrected chi connectivity index (χ4v) is 1.98. The third-order valence-electron chi connectivity index (χ3n) is 3.23. The average Bonchev–Trinajstić information content (AvgIpc) is 2.49. The molecule has 0 heterocycles. The average molecular weight is 310 g/mol. The molecule has 2 amide bonds. The molecular formula is C16H23FN2O3. The highest BCUT2D eigenvalue weighted by Gasteiger charge is 2.15. The van der Waals surface area contributed by atoms with E-state index in [1.807, 2.05) is 6.92 Å². The van der Waals surface area contributed by atoms with Crippen molar-refractivity contribution in [3.63, 3.8) is 0 Å². The van der Waals surface area contributed by atoms with E-state index in [9.17, 15) is 14.0 Å². The summed E-state index contributed by atoms with van der Waals surface area (Å²) in [6.07, 6.45) is 2.15. The Balaban J connectivity index is 2.57. The van der Waals surface area contributed by atoms with Crippen molar-refractivity contribution in [1.82, 2.24) is 10.2 Å². The normalized spacial score (nSPS) is 10.3. The molecule has 6 heteroatoms. The van der Waals surface area contributed by atoms with E-state index in [0.29, 0.717) is 25.1 Å². The van der Waals surface area contributed by atoms with Crippen LogP contribution in [0.1, 0.15) is 38.2 Å². The van der Waals surface area contributed by atoms with E-state index in [0.717, 1.165) is 12.8 Å². The second-order valence-corrected chi connectivity index (χ2v) is 5.10. The highest BCUT2D eigenvalue weighted by atomic mass is 19.1.